The van der Waals surface area contributed by atoms with E-state index in [0.29, 0.717) is 0 Å². The van der Waals surface area contributed by atoms with Crippen molar-refractivity contribution in [3.8, 4) is 11.5 Å². The van der Waals surface area contributed by atoms with Gasteiger partial charge in [0.1, 0.15) is 21.0 Å². The van der Waals surface area contributed by atoms with Crippen molar-refractivity contribution in [2.45, 2.75) is 57.3 Å². The lowest BCUT2D eigenvalue weighted by molar-refractivity contribution is -0.0609. The third-order valence-electron chi connectivity index (χ3n) is 3.21. The first-order valence-electron chi connectivity index (χ1n) is 8.41. The van der Waals surface area contributed by atoms with Gasteiger partial charge >= 0.3 is 0 Å². The van der Waals surface area contributed by atoms with Crippen LogP contribution in [-0.2, 0) is 20.5 Å². The Hall–Kier alpha value is -0.973. The molecule has 140 valence electrons. The summed E-state index contributed by atoms with van der Waals surface area (Å²) >= 11 is 0. The number of rotatable bonds is 7. The van der Waals surface area contributed by atoms with Crippen LogP contribution in [0.15, 0.2) is 30.3 Å². The molecule has 3 atom stereocenters. The molecule has 0 saturated heterocycles. The number of nitrogens with one attached hydrogen (secondary N) is 1. The Bertz CT molecular complexity index is 612. The monoisotopic (exact) mass is 381 g/mol. The lowest BCUT2D eigenvalue weighted by Gasteiger charge is -2.28. The van der Waals surface area contributed by atoms with Gasteiger partial charge in [-0.1, -0.05) is 55.9 Å². The van der Waals surface area contributed by atoms with Gasteiger partial charge in [-0.2, -0.15) is 0 Å². The fourth-order valence-electron chi connectivity index (χ4n) is 1.91. The van der Waals surface area contributed by atoms with Crippen LogP contribution >= 0.6 is 0 Å². The first kappa shape index (κ1) is 22.1. The maximum absolute atomic E-state index is 12.7. The molecule has 1 rings (SSSR count). The minimum absolute atomic E-state index is 0.137. The summed E-state index contributed by atoms with van der Waals surface area (Å²) in [7, 11) is -1.23. The Morgan fingerprint density at radius 2 is 1.80 bits per heavy atom. The fraction of sp³-hybridized carbons (Fsp3) is 0.579. The van der Waals surface area contributed by atoms with E-state index in [9.17, 15) is 4.21 Å². The van der Waals surface area contributed by atoms with Gasteiger partial charge in [-0.3, -0.25) is 0 Å². The van der Waals surface area contributed by atoms with Gasteiger partial charge in [-0.15, -0.1) is 5.54 Å². The Balaban J connectivity index is 3.22. The summed E-state index contributed by atoms with van der Waals surface area (Å²) in [6.07, 6.45) is -0.444. The molecule has 0 amide bonds. The molecule has 0 fully saturated rings. The quantitative estimate of drug-likeness (QED) is 0.445. The lowest BCUT2D eigenvalue weighted by atomic mass is 10.0. The van der Waals surface area contributed by atoms with E-state index < -0.39 is 25.2 Å². The van der Waals surface area contributed by atoms with Crippen LogP contribution in [0.5, 0.6) is 0 Å². The third kappa shape index (κ3) is 8.30. The number of ether oxygens (including phenoxy) is 2. The second-order valence-corrected chi connectivity index (χ2v) is 14.6. The minimum atomic E-state index is -1.57. The predicted octanol–water partition coefficient (Wildman–Crippen LogP) is 3.65. The minimum Gasteiger partial charge on any atom is -0.359 e. The summed E-state index contributed by atoms with van der Waals surface area (Å²) < 4.78 is 26.5. The van der Waals surface area contributed by atoms with E-state index >= 15 is 0 Å². The highest BCUT2D eigenvalue weighted by molar-refractivity contribution is 7.84. The first-order valence-corrected chi connectivity index (χ1v) is 13.1. The number of benzene rings is 1. The molecule has 0 saturated carbocycles. The summed E-state index contributed by atoms with van der Waals surface area (Å²) in [5, 5.41) is 0. The van der Waals surface area contributed by atoms with E-state index in [1.807, 2.05) is 51.1 Å². The van der Waals surface area contributed by atoms with Gasteiger partial charge in [0.2, 0.25) is 0 Å². The second-order valence-electron chi connectivity index (χ2n) is 7.90. The molecule has 1 aromatic carbocycles. The molecular weight excluding hydrogens is 350 g/mol. The van der Waals surface area contributed by atoms with Crippen LogP contribution in [0.25, 0.3) is 0 Å². The average molecular weight is 382 g/mol. The Labute approximate surface area is 156 Å². The zero-order chi connectivity index (χ0) is 19.1. The lowest BCUT2D eigenvalue weighted by Crippen LogP contribution is -2.41. The predicted molar refractivity (Wildman–Crippen MR) is 108 cm³/mol. The SMILES string of the molecule is COCO[C@H](C#C[Si](C)(C)C)[C@@H](N[S@](=O)C(C)(C)C)c1ccccc1. The molecule has 4 nitrogen and oxygen atoms in total. The van der Waals surface area contributed by atoms with Crippen molar-refractivity contribution in [3.05, 3.63) is 35.9 Å². The second kappa shape index (κ2) is 9.65. The molecule has 0 aromatic heterocycles. The molecule has 1 N–H and O–H groups in total. The van der Waals surface area contributed by atoms with Crippen LogP contribution in [0, 0.1) is 11.5 Å². The Morgan fingerprint density at radius 3 is 2.28 bits per heavy atom. The molecule has 0 aliphatic heterocycles. The maximum atomic E-state index is 12.7. The van der Waals surface area contributed by atoms with Crippen LogP contribution in [0.2, 0.25) is 19.6 Å². The topological polar surface area (TPSA) is 47.6 Å². The highest BCUT2D eigenvalue weighted by Crippen LogP contribution is 2.22. The van der Waals surface area contributed by atoms with Gasteiger partial charge in [0, 0.05) is 7.11 Å². The first-order chi connectivity index (χ1) is 11.5. The fourth-order valence-corrected chi connectivity index (χ4v) is 3.33. The summed E-state index contributed by atoms with van der Waals surface area (Å²) in [5.74, 6) is 3.26. The zero-order valence-corrected chi connectivity index (χ0v) is 18.2. The van der Waals surface area contributed by atoms with Crippen molar-refractivity contribution < 1.29 is 13.7 Å². The summed E-state index contributed by atoms with van der Waals surface area (Å²) in [6.45, 7) is 12.5. The largest absolute Gasteiger partial charge is 0.359 e. The highest BCUT2D eigenvalue weighted by atomic mass is 32.2. The van der Waals surface area contributed by atoms with Crippen molar-refractivity contribution in [2.75, 3.05) is 13.9 Å². The smallest absolute Gasteiger partial charge is 0.148 e. The summed E-state index contributed by atoms with van der Waals surface area (Å²) in [4.78, 5) is 0. The van der Waals surface area contributed by atoms with Gasteiger partial charge in [0.05, 0.1) is 21.8 Å². The summed E-state index contributed by atoms with van der Waals surface area (Å²) in [5.41, 5.74) is 4.35. The Morgan fingerprint density at radius 1 is 1.20 bits per heavy atom. The van der Waals surface area contributed by atoms with Crippen LogP contribution < -0.4 is 4.72 Å². The molecule has 25 heavy (non-hydrogen) atoms. The number of methoxy groups -OCH3 is 1. The van der Waals surface area contributed by atoms with Gasteiger partial charge in [0.25, 0.3) is 0 Å². The molecule has 0 spiro atoms. The zero-order valence-electron chi connectivity index (χ0n) is 16.4. The van der Waals surface area contributed by atoms with Gasteiger partial charge < -0.3 is 9.47 Å². The van der Waals surface area contributed by atoms with Gasteiger partial charge in [0.15, 0.2) is 0 Å². The van der Waals surface area contributed by atoms with Gasteiger partial charge in [-0.25, -0.2) is 8.93 Å². The van der Waals surface area contributed by atoms with E-state index in [1.165, 1.54) is 0 Å². The molecule has 0 aliphatic rings. The Kier molecular flexibility index (Phi) is 8.52. The van der Waals surface area contributed by atoms with Crippen LogP contribution in [0.1, 0.15) is 32.4 Å². The molecule has 0 heterocycles. The molecule has 1 aromatic rings. The van der Waals surface area contributed by atoms with Gasteiger partial charge in [-0.05, 0) is 26.3 Å². The van der Waals surface area contributed by atoms with E-state index in [0.717, 1.165) is 5.56 Å². The van der Waals surface area contributed by atoms with Crippen LogP contribution in [-0.4, -0.2) is 37.0 Å². The van der Waals surface area contributed by atoms with E-state index in [4.69, 9.17) is 9.47 Å². The molecule has 0 unspecified atom stereocenters. The standard InChI is InChI=1S/C19H31NO3SSi/c1-19(2,3)24(21)20-18(16-11-9-8-10-12-16)17(23-15-22-4)13-14-25(5,6)7/h8-12,17-18,20H,15H2,1-7H3/t17-,18+,24-/m1/s1. The molecular formula is C19H31NO3SSi. The van der Waals surface area contributed by atoms with E-state index in [2.05, 4.69) is 35.8 Å². The average Bonchev–Trinajstić information content (AvgIpc) is 2.52. The van der Waals surface area contributed by atoms with Crippen molar-refractivity contribution in [2.24, 2.45) is 0 Å². The molecule has 6 heteroatoms. The molecule has 0 radical (unpaired) electrons. The van der Waals surface area contributed by atoms with Crippen LogP contribution in [0.3, 0.4) is 0 Å². The third-order valence-corrected chi connectivity index (χ3v) is 5.68. The van der Waals surface area contributed by atoms with Crippen molar-refractivity contribution >= 4 is 19.1 Å². The van der Waals surface area contributed by atoms with Crippen molar-refractivity contribution in [1.29, 1.82) is 0 Å². The van der Waals surface area contributed by atoms with Crippen molar-refractivity contribution in [1.82, 2.24) is 4.72 Å². The van der Waals surface area contributed by atoms with E-state index in [-0.39, 0.29) is 17.6 Å². The van der Waals surface area contributed by atoms with E-state index in [1.54, 1.807) is 7.11 Å². The number of hydrogen-bond donors (Lipinski definition) is 1. The van der Waals surface area contributed by atoms with Crippen molar-refractivity contribution in [3.63, 3.8) is 0 Å². The number of hydrogen-bond acceptors (Lipinski definition) is 3. The maximum Gasteiger partial charge on any atom is 0.148 e. The summed E-state index contributed by atoms with van der Waals surface area (Å²) in [6, 6.07) is 9.57. The van der Waals surface area contributed by atoms with Crippen LogP contribution in [0.4, 0.5) is 0 Å². The molecule has 0 bridgehead atoms. The highest BCUT2D eigenvalue weighted by Gasteiger charge is 2.29. The normalized spacial score (nSPS) is 15.8. The molecule has 0 aliphatic carbocycles.